The van der Waals surface area contributed by atoms with Crippen LogP contribution in [0.15, 0.2) is 53.1 Å². The van der Waals surface area contributed by atoms with Gasteiger partial charge in [0.05, 0.1) is 5.92 Å². The number of rotatable bonds is 8. The van der Waals surface area contributed by atoms with E-state index in [-0.39, 0.29) is 5.92 Å². The number of carboxylic acids is 1. The van der Waals surface area contributed by atoms with Gasteiger partial charge in [0.25, 0.3) is 5.89 Å². The van der Waals surface area contributed by atoms with Gasteiger partial charge < -0.3 is 9.63 Å². The third-order valence-electron chi connectivity index (χ3n) is 6.00. The van der Waals surface area contributed by atoms with Gasteiger partial charge in [-0.3, -0.25) is 9.69 Å². The molecule has 6 heteroatoms. The minimum absolute atomic E-state index is 0.186. The Morgan fingerprint density at radius 3 is 2.29 bits per heavy atom. The molecule has 1 fully saturated rings. The third kappa shape index (κ3) is 5.02. The van der Waals surface area contributed by atoms with Crippen LogP contribution in [0.3, 0.4) is 0 Å². The van der Waals surface area contributed by atoms with Gasteiger partial charge in [-0.05, 0) is 55.5 Å². The number of aliphatic carboxylic acids is 1. The van der Waals surface area contributed by atoms with Crippen LogP contribution in [0.4, 0.5) is 0 Å². The molecule has 0 aliphatic heterocycles. The van der Waals surface area contributed by atoms with Gasteiger partial charge in [-0.2, -0.15) is 4.98 Å². The molecular formula is C25H29N3O3. The minimum Gasteiger partial charge on any atom is -0.481 e. The van der Waals surface area contributed by atoms with Crippen LogP contribution in [0.1, 0.15) is 37.8 Å². The lowest BCUT2D eigenvalue weighted by molar-refractivity contribution is -0.146. The molecule has 0 bridgehead atoms. The second-order valence-electron chi connectivity index (χ2n) is 8.99. The zero-order valence-electron chi connectivity index (χ0n) is 18.3. The van der Waals surface area contributed by atoms with Gasteiger partial charge in [0.2, 0.25) is 5.82 Å². The highest BCUT2D eigenvalue weighted by molar-refractivity contribution is 5.71. The summed E-state index contributed by atoms with van der Waals surface area (Å²) in [5, 5.41) is 13.2. The standard InChI is InChI=1S/C25H29N3O3/c1-16(2)12-17-4-10-20(11-5-17)24-26-23(27-31-24)19-8-6-18(7-9-19)15-28(3)22-13-21(14-22)25(29)30/h4-11,16,21-22H,12-15H2,1-3H3,(H,29,30)/t21-,22+. The van der Waals surface area contributed by atoms with E-state index in [0.29, 0.717) is 23.7 Å². The maximum Gasteiger partial charge on any atom is 0.306 e. The summed E-state index contributed by atoms with van der Waals surface area (Å²) in [5.41, 5.74) is 4.31. The summed E-state index contributed by atoms with van der Waals surface area (Å²) in [7, 11) is 2.05. The molecule has 1 N–H and O–H groups in total. The first-order chi connectivity index (χ1) is 14.9. The van der Waals surface area contributed by atoms with Gasteiger partial charge in [-0.15, -0.1) is 0 Å². The molecule has 2 aromatic carbocycles. The van der Waals surface area contributed by atoms with Crippen molar-refractivity contribution < 1.29 is 14.4 Å². The SMILES string of the molecule is CC(C)Cc1ccc(-c2nc(-c3ccc(CN(C)[C@H]4C[C@@H](C(=O)O)C4)cc3)no2)cc1. The first kappa shape index (κ1) is 21.2. The van der Waals surface area contributed by atoms with Crippen molar-refractivity contribution in [2.45, 2.75) is 45.7 Å². The molecule has 0 radical (unpaired) electrons. The summed E-state index contributed by atoms with van der Waals surface area (Å²) < 4.78 is 5.49. The van der Waals surface area contributed by atoms with Crippen LogP contribution in [-0.2, 0) is 17.8 Å². The first-order valence-corrected chi connectivity index (χ1v) is 10.8. The van der Waals surface area contributed by atoms with E-state index in [0.717, 1.165) is 36.9 Å². The normalized spacial score (nSPS) is 18.4. The Hall–Kier alpha value is -2.99. The molecule has 0 unspecified atom stereocenters. The molecule has 1 heterocycles. The van der Waals surface area contributed by atoms with Gasteiger partial charge in [-0.1, -0.05) is 55.4 Å². The monoisotopic (exact) mass is 419 g/mol. The molecule has 1 aliphatic rings. The van der Waals surface area contributed by atoms with Gasteiger partial charge in [0, 0.05) is 23.7 Å². The molecule has 1 aromatic heterocycles. The fourth-order valence-corrected chi connectivity index (χ4v) is 4.04. The lowest BCUT2D eigenvalue weighted by atomic mass is 9.79. The van der Waals surface area contributed by atoms with Crippen molar-refractivity contribution in [3.63, 3.8) is 0 Å². The number of nitrogens with zero attached hydrogens (tertiary/aromatic N) is 3. The number of benzene rings is 2. The number of hydrogen-bond acceptors (Lipinski definition) is 5. The molecule has 1 saturated carbocycles. The van der Waals surface area contributed by atoms with Crippen LogP contribution in [0.2, 0.25) is 0 Å². The Morgan fingerprint density at radius 2 is 1.68 bits per heavy atom. The van der Waals surface area contributed by atoms with E-state index in [9.17, 15) is 4.79 Å². The zero-order chi connectivity index (χ0) is 22.0. The molecule has 1 aliphatic carbocycles. The fraction of sp³-hybridized carbons (Fsp3) is 0.400. The van der Waals surface area contributed by atoms with Crippen molar-refractivity contribution in [3.05, 3.63) is 59.7 Å². The zero-order valence-corrected chi connectivity index (χ0v) is 18.3. The van der Waals surface area contributed by atoms with E-state index in [4.69, 9.17) is 9.63 Å². The first-order valence-electron chi connectivity index (χ1n) is 10.8. The molecule has 4 rings (SSSR count). The van der Waals surface area contributed by atoms with E-state index in [1.807, 2.05) is 24.3 Å². The van der Waals surface area contributed by atoms with Crippen LogP contribution in [0.5, 0.6) is 0 Å². The second kappa shape index (κ2) is 9.02. The average Bonchev–Trinajstić information content (AvgIpc) is 3.17. The highest BCUT2D eigenvalue weighted by Crippen LogP contribution is 2.32. The van der Waals surface area contributed by atoms with Gasteiger partial charge in [0.1, 0.15) is 0 Å². The maximum atomic E-state index is 11.0. The van der Waals surface area contributed by atoms with E-state index in [1.165, 1.54) is 11.1 Å². The minimum atomic E-state index is -0.681. The van der Waals surface area contributed by atoms with E-state index < -0.39 is 5.97 Å². The molecule has 31 heavy (non-hydrogen) atoms. The van der Waals surface area contributed by atoms with E-state index >= 15 is 0 Å². The number of carbonyl (C=O) groups is 1. The molecule has 3 aromatic rings. The van der Waals surface area contributed by atoms with Crippen molar-refractivity contribution in [3.8, 4) is 22.8 Å². The highest BCUT2D eigenvalue weighted by atomic mass is 16.5. The lowest BCUT2D eigenvalue weighted by Crippen LogP contribution is -2.44. The fourth-order valence-electron chi connectivity index (χ4n) is 4.04. The van der Waals surface area contributed by atoms with Gasteiger partial charge in [-0.25, -0.2) is 0 Å². The summed E-state index contributed by atoms with van der Waals surface area (Å²) in [6.45, 7) is 5.21. The molecule has 0 amide bonds. The van der Waals surface area contributed by atoms with Gasteiger partial charge in [0.15, 0.2) is 0 Å². The van der Waals surface area contributed by atoms with Crippen molar-refractivity contribution in [1.29, 1.82) is 0 Å². The highest BCUT2D eigenvalue weighted by Gasteiger charge is 2.36. The summed E-state index contributed by atoms with van der Waals surface area (Å²) in [5.74, 6) is 0.852. The molecule has 0 saturated heterocycles. The predicted molar refractivity (Wildman–Crippen MR) is 119 cm³/mol. The molecule has 0 atom stereocenters. The smallest absolute Gasteiger partial charge is 0.306 e. The number of hydrogen-bond donors (Lipinski definition) is 1. The van der Waals surface area contributed by atoms with Crippen LogP contribution < -0.4 is 0 Å². The predicted octanol–water partition coefficient (Wildman–Crippen LogP) is 4.90. The average molecular weight is 420 g/mol. The van der Waals surface area contributed by atoms with Crippen LogP contribution in [0.25, 0.3) is 22.8 Å². The molecular weight excluding hydrogens is 390 g/mol. The Bertz CT molecular complexity index is 1020. The third-order valence-corrected chi connectivity index (χ3v) is 6.00. The second-order valence-corrected chi connectivity index (χ2v) is 8.99. The molecule has 0 spiro atoms. The van der Waals surface area contributed by atoms with Crippen LogP contribution in [0, 0.1) is 11.8 Å². The quantitative estimate of drug-likeness (QED) is 0.560. The van der Waals surface area contributed by atoms with Crippen molar-refractivity contribution in [2.24, 2.45) is 11.8 Å². The van der Waals surface area contributed by atoms with Crippen LogP contribution in [-0.4, -0.2) is 39.2 Å². The number of carboxylic acid groups (broad SMARTS) is 1. The Morgan fingerprint density at radius 1 is 1.06 bits per heavy atom. The van der Waals surface area contributed by atoms with E-state index in [1.54, 1.807) is 0 Å². The number of aromatic nitrogens is 2. The summed E-state index contributed by atoms with van der Waals surface area (Å²) in [6, 6.07) is 16.8. The summed E-state index contributed by atoms with van der Waals surface area (Å²) >= 11 is 0. The van der Waals surface area contributed by atoms with Crippen molar-refractivity contribution in [2.75, 3.05) is 7.05 Å². The maximum absolute atomic E-state index is 11.0. The molecule has 6 nitrogen and oxygen atoms in total. The Balaban J connectivity index is 1.37. The van der Waals surface area contributed by atoms with E-state index in [2.05, 4.69) is 60.2 Å². The Kier molecular flexibility index (Phi) is 6.18. The topological polar surface area (TPSA) is 79.5 Å². The molecule has 162 valence electrons. The summed E-state index contributed by atoms with van der Waals surface area (Å²) in [6.07, 6.45) is 2.51. The van der Waals surface area contributed by atoms with Gasteiger partial charge >= 0.3 is 5.97 Å². The Labute approximate surface area is 182 Å². The van der Waals surface area contributed by atoms with Crippen LogP contribution >= 0.6 is 0 Å². The lowest BCUT2D eigenvalue weighted by Gasteiger charge is -2.39. The largest absolute Gasteiger partial charge is 0.481 e. The van der Waals surface area contributed by atoms with Crippen molar-refractivity contribution >= 4 is 5.97 Å². The summed E-state index contributed by atoms with van der Waals surface area (Å²) in [4.78, 5) is 17.8. The van der Waals surface area contributed by atoms with Crippen molar-refractivity contribution in [1.82, 2.24) is 15.0 Å².